The molecule has 1 saturated heterocycles. The minimum Gasteiger partial charge on any atom is -0.339 e. The Morgan fingerprint density at radius 1 is 1.53 bits per heavy atom. The van der Waals surface area contributed by atoms with E-state index in [4.69, 9.17) is 0 Å². The first kappa shape index (κ1) is 13.0. The fourth-order valence-corrected chi connectivity index (χ4v) is 3.84. The Morgan fingerprint density at radius 3 is 2.76 bits per heavy atom. The zero-order chi connectivity index (χ0) is 12.6. The van der Waals surface area contributed by atoms with Crippen LogP contribution in [0, 0.1) is 5.92 Å². The number of nitrogens with zero attached hydrogens (tertiary/aromatic N) is 3. The summed E-state index contributed by atoms with van der Waals surface area (Å²) in [6.07, 6.45) is 3.89. The Hall–Kier alpha value is -0.400. The van der Waals surface area contributed by atoms with Gasteiger partial charge in [0.05, 0.1) is 6.33 Å². The highest BCUT2D eigenvalue weighted by Crippen LogP contribution is 2.27. The van der Waals surface area contributed by atoms with Gasteiger partial charge in [0.15, 0.2) is 5.03 Å². The molecule has 5 nitrogen and oxygen atoms in total. The summed E-state index contributed by atoms with van der Waals surface area (Å²) >= 11 is 3.57. The van der Waals surface area contributed by atoms with E-state index in [9.17, 15) is 8.42 Å². The van der Waals surface area contributed by atoms with E-state index >= 15 is 0 Å². The van der Waals surface area contributed by atoms with Crippen molar-refractivity contribution >= 4 is 26.0 Å². The molecule has 0 amide bonds. The molecule has 0 aromatic carbocycles. The summed E-state index contributed by atoms with van der Waals surface area (Å²) in [5, 5.41) is 0.139. The molecule has 0 radical (unpaired) electrons. The average molecular weight is 322 g/mol. The predicted molar refractivity (Wildman–Crippen MR) is 68.5 cm³/mol. The summed E-state index contributed by atoms with van der Waals surface area (Å²) in [6.45, 7) is 3.16. The number of piperidine rings is 1. The number of imidazole rings is 1. The summed E-state index contributed by atoms with van der Waals surface area (Å²) in [4.78, 5) is 4.33. The van der Waals surface area contributed by atoms with Crippen molar-refractivity contribution in [2.75, 3.05) is 13.1 Å². The molecular weight excluding hydrogens is 306 g/mol. The summed E-state index contributed by atoms with van der Waals surface area (Å²) in [5.41, 5.74) is 0. The molecule has 2 heterocycles. The van der Waals surface area contributed by atoms with Crippen molar-refractivity contribution in [1.82, 2.24) is 13.9 Å². The second kappa shape index (κ2) is 4.70. The number of alkyl halides is 1. The quantitative estimate of drug-likeness (QED) is 0.769. The van der Waals surface area contributed by atoms with Gasteiger partial charge >= 0.3 is 0 Å². The van der Waals surface area contributed by atoms with Gasteiger partial charge in [-0.2, -0.15) is 4.31 Å². The minimum atomic E-state index is -3.42. The second-order valence-corrected chi connectivity index (χ2v) is 7.58. The topological polar surface area (TPSA) is 55.2 Å². The van der Waals surface area contributed by atoms with Crippen molar-refractivity contribution < 1.29 is 8.42 Å². The zero-order valence-electron chi connectivity index (χ0n) is 9.88. The van der Waals surface area contributed by atoms with Gasteiger partial charge in [-0.15, -0.1) is 0 Å². The van der Waals surface area contributed by atoms with E-state index in [2.05, 4.69) is 27.8 Å². The third kappa shape index (κ3) is 2.56. The smallest absolute Gasteiger partial charge is 0.262 e. The summed E-state index contributed by atoms with van der Waals surface area (Å²) in [7, 11) is -1.65. The van der Waals surface area contributed by atoms with Crippen molar-refractivity contribution in [3.05, 3.63) is 12.5 Å². The fraction of sp³-hybridized carbons (Fsp3) is 0.700. The van der Waals surface area contributed by atoms with Crippen LogP contribution < -0.4 is 0 Å². The van der Waals surface area contributed by atoms with Crippen LogP contribution in [-0.2, 0) is 17.1 Å². The number of halogens is 1. The molecule has 96 valence electrons. The molecule has 0 aliphatic carbocycles. The molecular formula is C10H16BrN3O2S. The Balaban J connectivity index is 2.22. The Morgan fingerprint density at radius 2 is 2.24 bits per heavy atom. The number of rotatable bonds is 2. The Kier molecular flexibility index (Phi) is 3.61. The van der Waals surface area contributed by atoms with Crippen LogP contribution in [0.1, 0.15) is 13.3 Å². The highest BCUT2D eigenvalue weighted by Gasteiger charge is 2.33. The molecule has 0 bridgehead atoms. The Labute approximate surface area is 110 Å². The first-order valence-corrected chi connectivity index (χ1v) is 7.89. The van der Waals surface area contributed by atoms with Crippen LogP contribution >= 0.6 is 15.9 Å². The molecule has 1 fully saturated rings. The molecule has 0 saturated carbocycles. The lowest BCUT2D eigenvalue weighted by Crippen LogP contribution is -2.43. The summed E-state index contributed by atoms with van der Waals surface area (Å²) in [6, 6.07) is 0. The lowest BCUT2D eigenvalue weighted by Gasteiger charge is -2.32. The molecule has 17 heavy (non-hydrogen) atoms. The number of aryl methyl sites for hydroxylation is 1. The van der Waals surface area contributed by atoms with Gasteiger partial charge in [0, 0.05) is 31.2 Å². The normalized spacial score (nSPS) is 27.2. The largest absolute Gasteiger partial charge is 0.339 e. The van der Waals surface area contributed by atoms with E-state index < -0.39 is 10.0 Å². The van der Waals surface area contributed by atoms with Crippen molar-refractivity contribution in [3.63, 3.8) is 0 Å². The fourth-order valence-electron chi connectivity index (χ4n) is 1.95. The average Bonchev–Trinajstić information content (AvgIpc) is 2.69. The molecule has 1 aromatic rings. The van der Waals surface area contributed by atoms with Crippen LogP contribution in [0.3, 0.4) is 0 Å². The molecule has 0 spiro atoms. The van der Waals surface area contributed by atoms with Crippen LogP contribution in [0.15, 0.2) is 17.6 Å². The number of aromatic nitrogens is 2. The maximum Gasteiger partial charge on any atom is 0.262 e. The lowest BCUT2D eigenvalue weighted by atomic mass is 10.0. The second-order valence-electron chi connectivity index (χ2n) is 4.52. The van der Waals surface area contributed by atoms with Gasteiger partial charge in [0.2, 0.25) is 0 Å². The van der Waals surface area contributed by atoms with Crippen molar-refractivity contribution in [3.8, 4) is 0 Å². The molecule has 2 rings (SSSR count). The highest BCUT2D eigenvalue weighted by atomic mass is 79.9. The lowest BCUT2D eigenvalue weighted by molar-refractivity contribution is 0.291. The minimum absolute atomic E-state index is 0.139. The first-order valence-electron chi connectivity index (χ1n) is 5.53. The van der Waals surface area contributed by atoms with Gasteiger partial charge < -0.3 is 4.57 Å². The van der Waals surface area contributed by atoms with Crippen LogP contribution in [-0.4, -0.2) is 40.2 Å². The van der Waals surface area contributed by atoms with E-state index in [1.807, 2.05) is 0 Å². The van der Waals surface area contributed by atoms with Crippen LogP contribution in [0.5, 0.6) is 0 Å². The zero-order valence-corrected chi connectivity index (χ0v) is 12.3. The number of sulfonamides is 1. The van der Waals surface area contributed by atoms with Crippen LogP contribution in [0.2, 0.25) is 0 Å². The van der Waals surface area contributed by atoms with Gasteiger partial charge in [0.1, 0.15) is 0 Å². The van der Waals surface area contributed by atoms with E-state index in [1.54, 1.807) is 17.8 Å². The van der Waals surface area contributed by atoms with E-state index in [-0.39, 0.29) is 5.03 Å². The van der Waals surface area contributed by atoms with E-state index in [0.717, 1.165) is 6.42 Å². The molecule has 0 N–H and O–H groups in total. The standard InChI is InChI=1S/C10H16BrN3O2S/c1-8-5-14(4-3-9(8)11)17(15,16)10-6-13(2)7-12-10/h6-9H,3-5H2,1-2H3. The number of hydrogen-bond donors (Lipinski definition) is 0. The Bertz CT molecular complexity index is 499. The number of hydrogen-bond acceptors (Lipinski definition) is 3. The van der Waals surface area contributed by atoms with E-state index in [1.165, 1.54) is 10.6 Å². The van der Waals surface area contributed by atoms with E-state index in [0.29, 0.717) is 23.8 Å². The summed E-state index contributed by atoms with van der Waals surface area (Å²) < 4.78 is 27.7. The van der Waals surface area contributed by atoms with Crippen LogP contribution in [0.25, 0.3) is 0 Å². The molecule has 1 aliphatic heterocycles. The molecule has 1 aromatic heterocycles. The first-order chi connectivity index (χ1) is 7.91. The predicted octanol–water partition coefficient (Wildman–Crippen LogP) is 1.21. The maximum atomic E-state index is 12.3. The van der Waals surface area contributed by atoms with Gasteiger partial charge in [0.25, 0.3) is 10.0 Å². The van der Waals surface area contributed by atoms with Gasteiger partial charge in [-0.3, -0.25) is 0 Å². The van der Waals surface area contributed by atoms with Crippen molar-refractivity contribution in [1.29, 1.82) is 0 Å². The molecule has 2 unspecified atom stereocenters. The van der Waals surface area contributed by atoms with Crippen molar-refractivity contribution in [2.45, 2.75) is 23.2 Å². The molecule has 2 atom stereocenters. The highest BCUT2D eigenvalue weighted by molar-refractivity contribution is 9.09. The molecule has 1 aliphatic rings. The van der Waals surface area contributed by atoms with Crippen molar-refractivity contribution in [2.24, 2.45) is 13.0 Å². The van der Waals surface area contributed by atoms with Gasteiger partial charge in [-0.05, 0) is 12.3 Å². The van der Waals surface area contributed by atoms with Crippen LogP contribution in [0.4, 0.5) is 0 Å². The maximum absolute atomic E-state index is 12.3. The third-order valence-corrected chi connectivity index (χ3v) is 6.16. The van der Waals surface area contributed by atoms with Gasteiger partial charge in [-0.1, -0.05) is 22.9 Å². The molecule has 7 heteroatoms. The summed E-state index contributed by atoms with van der Waals surface area (Å²) in [5.74, 6) is 0.322. The third-order valence-electron chi connectivity index (χ3n) is 3.05. The SMILES string of the molecule is CC1CN(S(=O)(=O)c2cn(C)cn2)CCC1Br. The monoisotopic (exact) mass is 321 g/mol. The van der Waals surface area contributed by atoms with Gasteiger partial charge in [-0.25, -0.2) is 13.4 Å².